The quantitative estimate of drug-likeness (QED) is 0.662. The Morgan fingerprint density at radius 3 is 2.65 bits per heavy atom. The van der Waals surface area contributed by atoms with E-state index in [2.05, 4.69) is 0 Å². The maximum Gasteiger partial charge on any atom is 0.250 e. The van der Waals surface area contributed by atoms with E-state index in [9.17, 15) is 14.3 Å². The summed E-state index contributed by atoms with van der Waals surface area (Å²) >= 11 is 0. The molecule has 94 valence electrons. The molecule has 0 saturated heterocycles. The minimum absolute atomic E-state index is 0.00389. The molecule has 0 aliphatic heterocycles. The first kappa shape index (κ1) is 13.2. The lowest BCUT2D eigenvalue weighted by Crippen LogP contribution is -2.28. The first-order chi connectivity index (χ1) is 7.82. The summed E-state index contributed by atoms with van der Waals surface area (Å²) in [6.45, 7) is 1.82. The zero-order valence-corrected chi connectivity index (χ0v) is 9.77. The van der Waals surface area contributed by atoms with Gasteiger partial charge in [-0.05, 0) is 19.1 Å². The van der Waals surface area contributed by atoms with Crippen molar-refractivity contribution in [3.63, 3.8) is 0 Å². The lowest BCUT2D eigenvalue weighted by atomic mass is 10.1. The second-order valence-electron chi connectivity index (χ2n) is 3.98. The number of rotatable bonds is 4. The second kappa shape index (κ2) is 5.01. The van der Waals surface area contributed by atoms with Crippen LogP contribution in [0.25, 0.3) is 0 Å². The number of aliphatic hydroxyl groups excluding tert-OH is 1. The molecular weight excluding hydrogens is 225 g/mol. The van der Waals surface area contributed by atoms with Gasteiger partial charge in [-0.15, -0.1) is 0 Å². The third-order valence-corrected chi connectivity index (χ3v) is 2.33. The van der Waals surface area contributed by atoms with Crippen LogP contribution >= 0.6 is 0 Å². The highest BCUT2D eigenvalue weighted by Gasteiger charge is 2.15. The van der Waals surface area contributed by atoms with Crippen molar-refractivity contribution in [1.29, 1.82) is 0 Å². The summed E-state index contributed by atoms with van der Waals surface area (Å²) in [4.78, 5) is 12.6. The monoisotopic (exact) mass is 241 g/mol. The average Bonchev–Trinajstić information content (AvgIpc) is 2.15. The highest BCUT2D eigenvalue weighted by Crippen LogP contribution is 2.24. The summed E-state index contributed by atoms with van der Waals surface area (Å²) in [6.07, 6.45) is -0.617. The molecule has 0 saturated carbocycles. The SMILES string of the molecule is CC(O)CN(C)c1cc(C(N)=O)c(N)cc1F. The Bertz CT molecular complexity index is 435. The fourth-order valence-electron chi connectivity index (χ4n) is 1.58. The van der Waals surface area contributed by atoms with Gasteiger partial charge in [-0.3, -0.25) is 4.79 Å². The van der Waals surface area contributed by atoms with Gasteiger partial charge in [0.05, 0.1) is 17.4 Å². The van der Waals surface area contributed by atoms with Crippen LogP contribution in [0.4, 0.5) is 15.8 Å². The molecule has 17 heavy (non-hydrogen) atoms. The molecule has 1 atom stereocenters. The molecule has 6 heteroatoms. The van der Waals surface area contributed by atoms with E-state index in [0.29, 0.717) is 0 Å². The van der Waals surface area contributed by atoms with Gasteiger partial charge in [-0.1, -0.05) is 0 Å². The number of carbonyl (C=O) groups is 1. The number of primary amides is 1. The molecule has 5 nitrogen and oxygen atoms in total. The molecule has 0 aliphatic carbocycles. The zero-order valence-electron chi connectivity index (χ0n) is 9.77. The van der Waals surface area contributed by atoms with Gasteiger partial charge in [0.15, 0.2) is 0 Å². The number of hydrogen-bond acceptors (Lipinski definition) is 4. The molecule has 0 aliphatic rings. The van der Waals surface area contributed by atoms with Gasteiger partial charge in [0.2, 0.25) is 0 Å². The Hall–Kier alpha value is -1.82. The number of anilines is 2. The van der Waals surface area contributed by atoms with Crippen molar-refractivity contribution in [2.45, 2.75) is 13.0 Å². The molecule has 1 aromatic rings. The number of halogens is 1. The van der Waals surface area contributed by atoms with E-state index in [4.69, 9.17) is 11.5 Å². The number of amides is 1. The van der Waals surface area contributed by atoms with Crippen LogP contribution in [0.5, 0.6) is 0 Å². The van der Waals surface area contributed by atoms with Crippen LogP contribution in [-0.2, 0) is 0 Å². The molecule has 0 radical (unpaired) electrons. The van der Waals surface area contributed by atoms with Gasteiger partial charge in [-0.2, -0.15) is 0 Å². The number of nitrogens with zero attached hydrogens (tertiary/aromatic N) is 1. The molecular formula is C11H16FN3O2. The third kappa shape index (κ3) is 3.07. The van der Waals surface area contributed by atoms with E-state index in [0.717, 1.165) is 6.07 Å². The highest BCUT2D eigenvalue weighted by atomic mass is 19.1. The fourth-order valence-corrected chi connectivity index (χ4v) is 1.58. The number of aliphatic hydroxyl groups is 1. The summed E-state index contributed by atoms with van der Waals surface area (Å²) in [7, 11) is 1.60. The van der Waals surface area contributed by atoms with Crippen LogP contribution in [0, 0.1) is 5.82 Å². The summed E-state index contributed by atoms with van der Waals surface area (Å²) in [5.41, 5.74) is 10.9. The molecule has 5 N–H and O–H groups in total. The van der Waals surface area contributed by atoms with Crippen LogP contribution < -0.4 is 16.4 Å². The molecule has 0 aromatic heterocycles. The summed E-state index contributed by atoms with van der Waals surface area (Å²) < 4.78 is 13.6. The molecule has 1 rings (SSSR count). The maximum absolute atomic E-state index is 13.6. The summed E-state index contributed by atoms with van der Waals surface area (Å²) in [6, 6.07) is 2.34. The first-order valence-electron chi connectivity index (χ1n) is 5.11. The molecule has 0 fully saturated rings. The number of likely N-dealkylation sites (N-methyl/N-ethyl adjacent to an activating group) is 1. The van der Waals surface area contributed by atoms with Gasteiger partial charge < -0.3 is 21.5 Å². The lowest BCUT2D eigenvalue weighted by molar-refractivity contribution is 0.100. The van der Waals surface area contributed by atoms with Crippen LogP contribution in [0.2, 0.25) is 0 Å². The van der Waals surface area contributed by atoms with Crippen molar-refractivity contribution in [1.82, 2.24) is 0 Å². The topological polar surface area (TPSA) is 92.6 Å². The third-order valence-electron chi connectivity index (χ3n) is 2.33. The minimum Gasteiger partial charge on any atom is -0.398 e. The van der Waals surface area contributed by atoms with Gasteiger partial charge in [0.25, 0.3) is 5.91 Å². The lowest BCUT2D eigenvalue weighted by Gasteiger charge is -2.22. The van der Waals surface area contributed by atoms with E-state index in [1.165, 1.54) is 11.0 Å². The highest BCUT2D eigenvalue weighted by molar-refractivity contribution is 5.99. The van der Waals surface area contributed by atoms with Crippen molar-refractivity contribution in [2.24, 2.45) is 5.73 Å². The molecule has 0 spiro atoms. The molecule has 1 aromatic carbocycles. The Balaban J connectivity index is 3.15. The van der Waals surface area contributed by atoms with Crippen molar-refractivity contribution < 1.29 is 14.3 Å². The summed E-state index contributed by atoms with van der Waals surface area (Å²) in [5, 5.41) is 9.23. The summed E-state index contributed by atoms with van der Waals surface area (Å²) in [5.74, 6) is -1.27. The van der Waals surface area contributed by atoms with Crippen molar-refractivity contribution in [3.8, 4) is 0 Å². The largest absolute Gasteiger partial charge is 0.398 e. The fraction of sp³-hybridized carbons (Fsp3) is 0.364. The molecule has 1 amide bonds. The van der Waals surface area contributed by atoms with Crippen molar-refractivity contribution >= 4 is 17.3 Å². The van der Waals surface area contributed by atoms with Gasteiger partial charge in [0, 0.05) is 19.3 Å². The predicted molar refractivity (Wildman–Crippen MR) is 64.3 cm³/mol. The number of benzene rings is 1. The zero-order chi connectivity index (χ0) is 13.2. The smallest absolute Gasteiger partial charge is 0.250 e. The average molecular weight is 241 g/mol. The van der Waals surface area contributed by atoms with Crippen LogP contribution in [0.3, 0.4) is 0 Å². The minimum atomic E-state index is -0.714. The van der Waals surface area contributed by atoms with E-state index in [1.807, 2.05) is 0 Å². The number of carbonyl (C=O) groups excluding carboxylic acids is 1. The van der Waals surface area contributed by atoms with E-state index >= 15 is 0 Å². The Morgan fingerprint density at radius 2 is 2.18 bits per heavy atom. The van der Waals surface area contributed by atoms with E-state index < -0.39 is 17.8 Å². The van der Waals surface area contributed by atoms with Gasteiger partial charge in [-0.25, -0.2) is 4.39 Å². The van der Waals surface area contributed by atoms with Crippen molar-refractivity contribution in [3.05, 3.63) is 23.5 Å². The standard InChI is InChI=1S/C11H16FN3O2/c1-6(16)5-15(2)10-3-7(11(14)17)9(13)4-8(10)12/h3-4,6,16H,5,13H2,1-2H3,(H2,14,17). The van der Waals surface area contributed by atoms with Crippen molar-refractivity contribution in [2.75, 3.05) is 24.2 Å². The molecule has 1 unspecified atom stereocenters. The molecule has 0 bridgehead atoms. The number of nitrogen functional groups attached to an aromatic ring is 1. The Labute approximate surface area is 98.8 Å². The normalized spacial score (nSPS) is 12.2. The van der Waals surface area contributed by atoms with Crippen LogP contribution in [-0.4, -0.2) is 30.7 Å². The second-order valence-corrected chi connectivity index (χ2v) is 3.98. The van der Waals surface area contributed by atoms with Gasteiger partial charge >= 0.3 is 0 Å². The number of hydrogen-bond donors (Lipinski definition) is 3. The Kier molecular flexibility index (Phi) is 3.90. The Morgan fingerprint density at radius 1 is 1.59 bits per heavy atom. The predicted octanol–water partition coefficient (Wildman–Crippen LogP) is 0.324. The maximum atomic E-state index is 13.6. The molecule has 0 heterocycles. The van der Waals surface area contributed by atoms with E-state index in [1.54, 1.807) is 14.0 Å². The van der Waals surface area contributed by atoms with Crippen LogP contribution in [0.15, 0.2) is 12.1 Å². The number of nitrogens with two attached hydrogens (primary N) is 2. The first-order valence-corrected chi connectivity index (χ1v) is 5.11. The van der Waals surface area contributed by atoms with Gasteiger partial charge in [0.1, 0.15) is 5.82 Å². The van der Waals surface area contributed by atoms with E-state index in [-0.39, 0.29) is 23.5 Å². The van der Waals surface area contributed by atoms with Crippen LogP contribution in [0.1, 0.15) is 17.3 Å².